The lowest BCUT2D eigenvalue weighted by atomic mass is 10.2. The van der Waals surface area contributed by atoms with Gasteiger partial charge in [0.05, 0.1) is 17.3 Å². The summed E-state index contributed by atoms with van der Waals surface area (Å²) in [6.07, 6.45) is 3.43. The van der Waals surface area contributed by atoms with Crippen LogP contribution in [-0.4, -0.2) is 27.4 Å². The Morgan fingerprint density at radius 2 is 2.04 bits per heavy atom. The highest BCUT2D eigenvalue weighted by atomic mass is 35.5. The number of ether oxygens (including phenoxy) is 1. The molecule has 0 aliphatic rings. The van der Waals surface area contributed by atoms with Gasteiger partial charge in [-0.1, -0.05) is 17.7 Å². The molecule has 2 aromatic heterocycles. The zero-order valence-corrected chi connectivity index (χ0v) is 15.6. The number of rotatable bonds is 5. The molecule has 0 bridgehead atoms. The van der Waals surface area contributed by atoms with Crippen molar-refractivity contribution >= 4 is 40.9 Å². The molecule has 1 aromatic carbocycles. The summed E-state index contributed by atoms with van der Waals surface area (Å²) < 4.78 is 6.85. The first kappa shape index (κ1) is 19.1. The number of nitrogens with zero attached hydrogens (tertiary/aromatic N) is 3. The van der Waals surface area contributed by atoms with E-state index in [-0.39, 0.29) is 5.15 Å². The number of halogens is 1. The molecule has 28 heavy (non-hydrogen) atoms. The van der Waals surface area contributed by atoms with Crippen molar-refractivity contribution in [3.63, 3.8) is 0 Å². The minimum absolute atomic E-state index is 0.252. The molecule has 0 spiro atoms. The molecule has 2 heterocycles. The van der Waals surface area contributed by atoms with E-state index in [1.165, 1.54) is 19.1 Å². The van der Waals surface area contributed by atoms with Crippen LogP contribution in [0.25, 0.3) is 11.7 Å². The minimum Gasteiger partial charge on any atom is -0.449 e. The second kappa shape index (κ2) is 8.37. The smallest absolute Gasteiger partial charge is 0.331 e. The van der Waals surface area contributed by atoms with E-state index in [2.05, 4.69) is 10.3 Å². The molecule has 7 nitrogen and oxygen atoms in total. The lowest BCUT2D eigenvalue weighted by Gasteiger charge is -2.12. The van der Waals surface area contributed by atoms with Crippen LogP contribution in [-0.2, 0) is 14.3 Å². The fourth-order valence-corrected chi connectivity index (χ4v) is 2.66. The molecular weight excluding hydrogens is 380 g/mol. The van der Waals surface area contributed by atoms with Gasteiger partial charge in [-0.15, -0.1) is 0 Å². The molecular formula is C20H15ClN4O3. The number of hydrogen-bond donors (Lipinski definition) is 1. The molecule has 0 radical (unpaired) electrons. The fraction of sp³-hybridized carbons (Fsp3) is 0.100. The summed E-state index contributed by atoms with van der Waals surface area (Å²) in [5, 5.41) is 11.6. The Bertz CT molecular complexity index is 1100. The van der Waals surface area contributed by atoms with Crippen molar-refractivity contribution in [1.29, 1.82) is 5.26 Å². The number of fused-ring (bicyclic) bond motifs is 1. The van der Waals surface area contributed by atoms with Gasteiger partial charge in [0.2, 0.25) is 0 Å². The maximum atomic E-state index is 12.2. The van der Waals surface area contributed by atoms with E-state index in [4.69, 9.17) is 21.6 Å². The number of amides is 1. The number of carbonyl (C=O) groups is 2. The highest BCUT2D eigenvalue weighted by Crippen LogP contribution is 2.19. The summed E-state index contributed by atoms with van der Waals surface area (Å²) in [5.74, 6) is -1.18. The lowest BCUT2D eigenvalue weighted by molar-refractivity contribution is -0.148. The van der Waals surface area contributed by atoms with Crippen LogP contribution < -0.4 is 5.32 Å². The molecule has 3 rings (SSSR count). The maximum absolute atomic E-state index is 12.2. The van der Waals surface area contributed by atoms with Crippen LogP contribution in [0.2, 0.25) is 5.15 Å². The topological polar surface area (TPSA) is 96.5 Å². The Morgan fingerprint density at radius 1 is 1.29 bits per heavy atom. The van der Waals surface area contributed by atoms with Crippen LogP contribution in [0.1, 0.15) is 18.2 Å². The van der Waals surface area contributed by atoms with Gasteiger partial charge in [0, 0.05) is 18.0 Å². The van der Waals surface area contributed by atoms with E-state index in [0.29, 0.717) is 22.6 Å². The SMILES string of the molecule is C[C@H](OC(=O)/C=C/c1c(Cl)nc2ccccn12)C(=O)Nc1ccc(C#N)cc1. The molecule has 0 saturated carbocycles. The van der Waals surface area contributed by atoms with Crippen molar-refractivity contribution in [1.82, 2.24) is 9.38 Å². The number of aromatic nitrogens is 2. The molecule has 0 aliphatic carbocycles. The number of hydrogen-bond acceptors (Lipinski definition) is 5. The lowest BCUT2D eigenvalue weighted by Crippen LogP contribution is -2.29. The number of esters is 1. The number of anilines is 1. The third kappa shape index (κ3) is 4.37. The van der Waals surface area contributed by atoms with Gasteiger partial charge >= 0.3 is 5.97 Å². The number of nitrogens with one attached hydrogen (secondary N) is 1. The summed E-state index contributed by atoms with van der Waals surface area (Å²) in [6.45, 7) is 1.46. The van der Waals surface area contributed by atoms with Crippen LogP contribution in [0, 0.1) is 11.3 Å². The van der Waals surface area contributed by atoms with E-state index in [1.807, 2.05) is 18.2 Å². The first-order valence-electron chi connectivity index (χ1n) is 8.30. The van der Waals surface area contributed by atoms with E-state index in [0.717, 1.165) is 0 Å². The van der Waals surface area contributed by atoms with Gasteiger partial charge in [-0.3, -0.25) is 9.20 Å². The molecule has 0 aliphatic heterocycles. The zero-order chi connectivity index (χ0) is 20.1. The molecule has 8 heteroatoms. The van der Waals surface area contributed by atoms with Crippen molar-refractivity contribution in [2.24, 2.45) is 0 Å². The first-order valence-corrected chi connectivity index (χ1v) is 8.68. The number of pyridine rings is 1. The molecule has 3 aromatic rings. The minimum atomic E-state index is -1.01. The van der Waals surface area contributed by atoms with Crippen molar-refractivity contribution < 1.29 is 14.3 Å². The van der Waals surface area contributed by atoms with E-state index < -0.39 is 18.0 Å². The number of benzene rings is 1. The summed E-state index contributed by atoms with van der Waals surface area (Å²) in [5.41, 5.74) is 2.16. The molecule has 0 fully saturated rings. The summed E-state index contributed by atoms with van der Waals surface area (Å²) >= 11 is 6.10. The first-order chi connectivity index (χ1) is 13.5. The predicted molar refractivity (Wildman–Crippen MR) is 105 cm³/mol. The van der Waals surface area contributed by atoms with Gasteiger partial charge in [-0.25, -0.2) is 9.78 Å². The molecule has 0 unspecified atom stereocenters. The van der Waals surface area contributed by atoms with Gasteiger partial charge < -0.3 is 10.1 Å². The van der Waals surface area contributed by atoms with Gasteiger partial charge in [0.1, 0.15) is 5.65 Å². The van der Waals surface area contributed by atoms with E-state index in [1.54, 1.807) is 40.9 Å². The Hall–Kier alpha value is -3.63. The Balaban J connectivity index is 1.61. The highest BCUT2D eigenvalue weighted by molar-refractivity contribution is 6.31. The monoisotopic (exact) mass is 394 g/mol. The largest absolute Gasteiger partial charge is 0.449 e. The quantitative estimate of drug-likeness (QED) is 0.528. The zero-order valence-electron chi connectivity index (χ0n) is 14.8. The number of carbonyl (C=O) groups excluding carboxylic acids is 2. The molecule has 1 atom stereocenters. The second-order valence-corrected chi connectivity index (χ2v) is 6.17. The van der Waals surface area contributed by atoms with Crippen LogP contribution >= 0.6 is 11.6 Å². The van der Waals surface area contributed by atoms with Crippen molar-refractivity contribution in [2.45, 2.75) is 13.0 Å². The Kier molecular flexibility index (Phi) is 5.72. The third-order valence-electron chi connectivity index (χ3n) is 3.84. The van der Waals surface area contributed by atoms with Gasteiger partial charge in [0.25, 0.3) is 5.91 Å². The maximum Gasteiger partial charge on any atom is 0.331 e. The van der Waals surface area contributed by atoms with Gasteiger partial charge in [0.15, 0.2) is 11.3 Å². The summed E-state index contributed by atoms with van der Waals surface area (Å²) in [6, 6.07) is 13.8. The van der Waals surface area contributed by atoms with Crippen LogP contribution in [0.4, 0.5) is 5.69 Å². The molecule has 1 N–H and O–H groups in total. The summed E-state index contributed by atoms with van der Waals surface area (Å²) in [4.78, 5) is 28.4. The third-order valence-corrected chi connectivity index (χ3v) is 4.12. The van der Waals surface area contributed by atoms with Crippen molar-refractivity contribution in [3.8, 4) is 6.07 Å². The average molecular weight is 395 g/mol. The van der Waals surface area contributed by atoms with E-state index >= 15 is 0 Å². The standard InChI is InChI=1S/C20H15ClN4O3/c1-13(20(27)23-15-7-5-14(12-22)6-8-15)28-18(26)10-9-16-19(21)24-17-4-2-3-11-25(16)17/h2-11,13H,1H3,(H,23,27)/b10-9+/t13-/m0/s1. The van der Waals surface area contributed by atoms with Crippen molar-refractivity contribution in [2.75, 3.05) is 5.32 Å². The Morgan fingerprint density at radius 3 is 2.75 bits per heavy atom. The fourth-order valence-electron chi connectivity index (χ4n) is 2.42. The van der Waals surface area contributed by atoms with Gasteiger partial charge in [-0.05, 0) is 49.4 Å². The highest BCUT2D eigenvalue weighted by Gasteiger charge is 2.17. The number of nitriles is 1. The van der Waals surface area contributed by atoms with Crippen LogP contribution in [0.3, 0.4) is 0 Å². The normalized spacial score (nSPS) is 11.9. The van der Waals surface area contributed by atoms with Crippen LogP contribution in [0.5, 0.6) is 0 Å². The predicted octanol–water partition coefficient (Wildman–Crippen LogP) is 3.44. The van der Waals surface area contributed by atoms with Crippen LogP contribution in [0.15, 0.2) is 54.7 Å². The second-order valence-electron chi connectivity index (χ2n) is 5.81. The molecule has 140 valence electrons. The molecule has 0 saturated heterocycles. The summed E-state index contributed by atoms with van der Waals surface area (Å²) in [7, 11) is 0. The average Bonchev–Trinajstić information content (AvgIpc) is 3.01. The Labute approximate surface area is 165 Å². The molecule has 1 amide bonds. The van der Waals surface area contributed by atoms with Crippen molar-refractivity contribution in [3.05, 3.63) is 71.1 Å². The van der Waals surface area contributed by atoms with Gasteiger partial charge in [-0.2, -0.15) is 5.26 Å². The van der Waals surface area contributed by atoms with E-state index in [9.17, 15) is 9.59 Å². The number of imidazole rings is 1.